The van der Waals surface area contributed by atoms with Crippen molar-refractivity contribution in [1.82, 2.24) is 10.6 Å². The highest BCUT2D eigenvalue weighted by molar-refractivity contribution is 5.95. The number of allylic oxidation sites excluding steroid dienone is 1. The SMILES string of the molecule is COCCOC(=O)C1=C(C)NC(=O)N[C@H]1c1ccc(OC(=O)c2ccco2)c(OC)c1. The lowest BCUT2D eigenvalue weighted by molar-refractivity contribution is -0.140. The van der Waals surface area contributed by atoms with E-state index in [1.165, 1.54) is 32.6 Å². The zero-order valence-electron chi connectivity index (χ0n) is 17.2. The standard InChI is InChI=1S/C21H22N2O8/c1-12-17(20(25)30-10-9-27-2)18(23-21(26)22-12)13-6-7-14(16(11-13)28-3)31-19(24)15-5-4-8-29-15/h4-8,11,18H,9-10H2,1-3H3,(H2,22,23,26)/t18-/m0/s1. The van der Waals surface area contributed by atoms with Crippen LogP contribution in [0.15, 0.2) is 52.3 Å². The number of hydrogen-bond acceptors (Lipinski definition) is 8. The molecule has 2 amide bonds. The number of methoxy groups -OCH3 is 2. The monoisotopic (exact) mass is 430 g/mol. The molecular weight excluding hydrogens is 408 g/mol. The number of carbonyl (C=O) groups excluding carboxylic acids is 3. The van der Waals surface area contributed by atoms with Crippen LogP contribution < -0.4 is 20.1 Å². The third-order valence-electron chi connectivity index (χ3n) is 4.46. The Morgan fingerprint density at radius 1 is 1.10 bits per heavy atom. The molecular formula is C21H22N2O8. The highest BCUT2D eigenvalue weighted by Gasteiger charge is 2.33. The maximum atomic E-state index is 12.6. The second-order valence-corrected chi connectivity index (χ2v) is 6.48. The van der Waals surface area contributed by atoms with E-state index < -0.39 is 24.0 Å². The second kappa shape index (κ2) is 9.81. The number of furan rings is 1. The minimum absolute atomic E-state index is 0.0383. The molecule has 164 valence electrons. The molecule has 0 unspecified atom stereocenters. The van der Waals surface area contributed by atoms with E-state index >= 15 is 0 Å². The van der Waals surface area contributed by atoms with Crippen molar-refractivity contribution in [3.8, 4) is 11.5 Å². The van der Waals surface area contributed by atoms with Crippen LogP contribution in [0, 0.1) is 0 Å². The van der Waals surface area contributed by atoms with Gasteiger partial charge in [0.25, 0.3) is 0 Å². The molecule has 2 N–H and O–H groups in total. The molecule has 2 aromatic rings. The summed E-state index contributed by atoms with van der Waals surface area (Å²) >= 11 is 0. The maximum absolute atomic E-state index is 12.6. The Hall–Kier alpha value is -3.79. The Balaban J connectivity index is 1.88. The molecule has 1 aromatic heterocycles. The summed E-state index contributed by atoms with van der Waals surface area (Å²) in [6, 6.07) is 6.46. The predicted molar refractivity (Wildman–Crippen MR) is 107 cm³/mol. The average molecular weight is 430 g/mol. The number of hydrogen-bond donors (Lipinski definition) is 2. The highest BCUT2D eigenvalue weighted by atomic mass is 16.6. The first kappa shape index (κ1) is 21.9. The first-order valence-corrected chi connectivity index (χ1v) is 9.32. The van der Waals surface area contributed by atoms with E-state index in [1.54, 1.807) is 25.1 Å². The summed E-state index contributed by atoms with van der Waals surface area (Å²) in [5, 5.41) is 5.27. The number of amides is 2. The van der Waals surface area contributed by atoms with Crippen molar-refractivity contribution in [3.05, 3.63) is 59.2 Å². The third-order valence-corrected chi connectivity index (χ3v) is 4.46. The average Bonchev–Trinajstić information content (AvgIpc) is 3.28. The first-order valence-electron chi connectivity index (χ1n) is 9.32. The molecule has 0 bridgehead atoms. The minimum atomic E-state index is -0.799. The van der Waals surface area contributed by atoms with E-state index in [0.717, 1.165) is 0 Å². The van der Waals surface area contributed by atoms with Crippen molar-refractivity contribution in [2.24, 2.45) is 0 Å². The zero-order chi connectivity index (χ0) is 22.4. The normalized spacial score (nSPS) is 15.7. The summed E-state index contributed by atoms with van der Waals surface area (Å²) in [5.41, 5.74) is 1.13. The van der Waals surface area contributed by atoms with Gasteiger partial charge in [0.15, 0.2) is 11.5 Å². The summed E-state index contributed by atoms with van der Waals surface area (Å²) in [6.07, 6.45) is 1.36. The molecule has 0 saturated heterocycles. The molecule has 31 heavy (non-hydrogen) atoms. The smallest absolute Gasteiger partial charge is 0.379 e. The molecule has 1 aliphatic heterocycles. The Labute approximate surface area is 178 Å². The molecule has 1 atom stereocenters. The van der Waals surface area contributed by atoms with Crippen LogP contribution in [0.3, 0.4) is 0 Å². The van der Waals surface area contributed by atoms with Gasteiger partial charge in [0.05, 0.1) is 31.6 Å². The van der Waals surface area contributed by atoms with Crippen LogP contribution in [0.1, 0.15) is 29.1 Å². The summed E-state index contributed by atoms with van der Waals surface area (Å²) in [7, 11) is 2.90. The Kier molecular flexibility index (Phi) is 6.93. The fourth-order valence-corrected chi connectivity index (χ4v) is 3.00. The highest BCUT2D eigenvalue weighted by Crippen LogP contribution is 2.35. The van der Waals surface area contributed by atoms with Crippen molar-refractivity contribution in [2.45, 2.75) is 13.0 Å². The van der Waals surface area contributed by atoms with Gasteiger partial charge in [-0.25, -0.2) is 14.4 Å². The quantitative estimate of drug-likeness (QED) is 0.371. The fourth-order valence-electron chi connectivity index (χ4n) is 3.00. The molecule has 0 spiro atoms. The Morgan fingerprint density at radius 3 is 2.58 bits per heavy atom. The Bertz CT molecular complexity index is 997. The summed E-state index contributed by atoms with van der Waals surface area (Å²) < 4.78 is 25.8. The van der Waals surface area contributed by atoms with E-state index in [2.05, 4.69) is 10.6 Å². The van der Waals surface area contributed by atoms with E-state index in [9.17, 15) is 14.4 Å². The number of rotatable bonds is 8. The van der Waals surface area contributed by atoms with Crippen molar-refractivity contribution >= 4 is 18.0 Å². The van der Waals surface area contributed by atoms with Crippen molar-refractivity contribution in [2.75, 3.05) is 27.4 Å². The van der Waals surface area contributed by atoms with Gasteiger partial charge in [-0.3, -0.25) is 0 Å². The number of urea groups is 1. The number of carbonyl (C=O) groups is 3. The van der Waals surface area contributed by atoms with Crippen molar-refractivity contribution in [3.63, 3.8) is 0 Å². The van der Waals surface area contributed by atoms with Crippen LogP contribution in [-0.4, -0.2) is 45.4 Å². The Morgan fingerprint density at radius 2 is 1.90 bits per heavy atom. The molecule has 1 aromatic carbocycles. The van der Waals surface area contributed by atoms with Gasteiger partial charge in [-0.2, -0.15) is 0 Å². The van der Waals surface area contributed by atoms with Crippen LogP contribution in [0.5, 0.6) is 11.5 Å². The van der Waals surface area contributed by atoms with E-state index in [0.29, 0.717) is 11.3 Å². The van der Waals surface area contributed by atoms with Crippen LogP contribution >= 0.6 is 0 Å². The number of nitrogens with one attached hydrogen (secondary N) is 2. The van der Waals surface area contributed by atoms with Gasteiger partial charge in [0.2, 0.25) is 5.76 Å². The summed E-state index contributed by atoms with van der Waals surface area (Å²) in [4.78, 5) is 36.8. The summed E-state index contributed by atoms with van der Waals surface area (Å²) in [5.74, 6) is -0.868. The maximum Gasteiger partial charge on any atom is 0.379 e. The van der Waals surface area contributed by atoms with Crippen molar-refractivity contribution < 1.29 is 37.7 Å². The van der Waals surface area contributed by atoms with Crippen LogP contribution in [0.25, 0.3) is 0 Å². The molecule has 10 nitrogen and oxygen atoms in total. The number of esters is 2. The van der Waals surface area contributed by atoms with Crippen LogP contribution in [0.2, 0.25) is 0 Å². The predicted octanol–water partition coefficient (Wildman–Crippen LogP) is 2.32. The largest absolute Gasteiger partial charge is 0.493 e. The van der Waals surface area contributed by atoms with Gasteiger partial charge in [0, 0.05) is 12.8 Å². The van der Waals surface area contributed by atoms with E-state index in [4.69, 9.17) is 23.4 Å². The second-order valence-electron chi connectivity index (χ2n) is 6.48. The van der Waals surface area contributed by atoms with Gasteiger partial charge in [-0.1, -0.05) is 6.07 Å². The number of benzene rings is 1. The van der Waals surface area contributed by atoms with Gasteiger partial charge >= 0.3 is 18.0 Å². The minimum Gasteiger partial charge on any atom is -0.493 e. The lowest BCUT2D eigenvalue weighted by Gasteiger charge is -2.28. The molecule has 1 aliphatic rings. The number of ether oxygens (including phenoxy) is 4. The van der Waals surface area contributed by atoms with E-state index in [-0.39, 0.29) is 36.0 Å². The molecule has 0 saturated carbocycles. The van der Waals surface area contributed by atoms with Gasteiger partial charge in [-0.15, -0.1) is 0 Å². The first-order chi connectivity index (χ1) is 14.9. The third kappa shape index (κ3) is 5.04. The van der Waals surface area contributed by atoms with Gasteiger partial charge in [0.1, 0.15) is 6.61 Å². The summed E-state index contributed by atoms with van der Waals surface area (Å²) in [6.45, 7) is 1.92. The molecule has 0 aliphatic carbocycles. The lowest BCUT2D eigenvalue weighted by Crippen LogP contribution is -2.45. The molecule has 10 heteroatoms. The zero-order valence-corrected chi connectivity index (χ0v) is 17.2. The topological polar surface area (TPSA) is 125 Å². The van der Waals surface area contributed by atoms with Crippen LogP contribution in [0.4, 0.5) is 4.79 Å². The fraction of sp³-hybridized carbons (Fsp3) is 0.286. The van der Waals surface area contributed by atoms with Crippen LogP contribution in [-0.2, 0) is 14.3 Å². The van der Waals surface area contributed by atoms with E-state index in [1.807, 2.05) is 0 Å². The molecule has 2 heterocycles. The molecule has 0 fully saturated rings. The van der Waals surface area contributed by atoms with Gasteiger partial charge < -0.3 is 34.0 Å². The van der Waals surface area contributed by atoms with Crippen molar-refractivity contribution in [1.29, 1.82) is 0 Å². The molecule has 3 rings (SSSR count). The lowest BCUT2D eigenvalue weighted by atomic mass is 9.95. The van der Waals surface area contributed by atoms with Gasteiger partial charge in [-0.05, 0) is 36.8 Å². The molecule has 0 radical (unpaired) electrons.